The van der Waals surface area contributed by atoms with Gasteiger partial charge in [-0.05, 0) is 43.9 Å². The molecule has 1 aliphatic heterocycles. The predicted octanol–water partition coefficient (Wildman–Crippen LogP) is 3.12. The summed E-state index contributed by atoms with van der Waals surface area (Å²) < 4.78 is 27.0. The number of nitrogens with zero attached hydrogens (tertiary/aromatic N) is 2. The number of likely N-dealkylation sites (tertiary alicyclic amines) is 1. The van der Waals surface area contributed by atoms with Crippen LogP contribution >= 0.6 is 24.0 Å². The molecule has 0 aromatic heterocycles. The maximum atomic E-state index is 13.7. The van der Waals surface area contributed by atoms with Crippen LogP contribution < -0.4 is 10.6 Å². The highest BCUT2D eigenvalue weighted by Crippen LogP contribution is 2.31. The molecule has 2 atom stereocenters. The minimum Gasteiger partial charge on any atom is -0.357 e. The van der Waals surface area contributed by atoms with Crippen LogP contribution in [-0.2, 0) is 6.54 Å². The van der Waals surface area contributed by atoms with E-state index in [-0.39, 0.29) is 36.1 Å². The zero-order chi connectivity index (χ0) is 17.1. The number of halogens is 3. The van der Waals surface area contributed by atoms with E-state index < -0.39 is 11.6 Å². The Morgan fingerprint density at radius 3 is 2.72 bits per heavy atom. The zero-order valence-electron chi connectivity index (χ0n) is 14.8. The van der Waals surface area contributed by atoms with Crippen LogP contribution in [0.15, 0.2) is 23.2 Å². The van der Waals surface area contributed by atoms with Crippen LogP contribution in [0.3, 0.4) is 0 Å². The summed E-state index contributed by atoms with van der Waals surface area (Å²) in [6.45, 7) is 7.21. The van der Waals surface area contributed by atoms with Gasteiger partial charge in [0.05, 0.1) is 6.54 Å². The first-order valence-corrected chi connectivity index (χ1v) is 8.79. The third-order valence-electron chi connectivity index (χ3n) is 4.79. The van der Waals surface area contributed by atoms with Crippen LogP contribution in [-0.4, -0.2) is 42.6 Å². The molecule has 2 aliphatic rings. The normalized spacial score (nSPS) is 24.1. The monoisotopic (exact) mass is 464 g/mol. The summed E-state index contributed by atoms with van der Waals surface area (Å²) in [7, 11) is 0. The van der Waals surface area contributed by atoms with Gasteiger partial charge in [0.1, 0.15) is 11.6 Å². The Kier molecular flexibility index (Phi) is 7.42. The highest BCUT2D eigenvalue weighted by Gasteiger charge is 2.38. The molecule has 25 heavy (non-hydrogen) atoms. The van der Waals surface area contributed by atoms with Gasteiger partial charge in [0.25, 0.3) is 0 Å². The topological polar surface area (TPSA) is 39.7 Å². The number of nitrogens with one attached hydrogen (secondary N) is 2. The van der Waals surface area contributed by atoms with Gasteiger partial charge in [-0.25, -0.2) is 13.8 Å². The van der Waals surface area contributed by atoms with Crippen molar-refractivity contribution in [1.29, 1.82) is 0 Å². The van der Waals surface area contributed by atoms with Crippen molar-refractivity contribution in [2.45, 2.75) is 45.3 Å². The second kappa shape index (κ2) is 9.12. The van der Waals surface area contributed by atoms with E-state index >= 15 is 0 Å². The van der Waals surface area contributed by atoms with Crippen molar-refractivity contribution in [3.05, 3.63) is 35.4 Å². The Morgan fingerprint density at radius 2 is 2.04 bits per heavy atom. The summed E-state index contributed by atoms with van der Waals surface area (Å²) in [5.41, 5.74) is 0.270. The average Bonchev–Trinajstić information content (AvgIpc) is 3.33. The molecule has 1 saturated heterocycles. The summed E-state index contributed by atoms with van der Waals surface area (Å²) >= 11 is 0. The summed E-state index contributed by atoms with van der Waals surface area (Å²) in [5, 5.41) is 6.66. The minimum atomic E-state index is -0.441. The first-order valence-electron chi connectivity index (χ1n) is 8.79. The quantitative estimate of drug-likeness (QED) is 0.400. The SMILES string of the molecule is CCNC(=NCc1cc(F)ccc1F)NC1CN(C2CC2)CC1C.I. The van der Waals surface area contributed by atoms with E-state index in [1.807, 2.05) is 6.92 Å². The molecule has 4 nitrogen and oxygen atoms in total. The van der Waals surface area contributed by atoms with Crippen molar-refractivity contribution < 1.29 is 8.78 Å². The van der Waals surface area contributed by atoms with Gasteiger partial charge < -0.3 is 10.6 Å². The van der Waals surface area contributed by atoms with Crippen LogP contribution in [0.1, 0.15) is 32.3 Å². The van der Waals surface area contributed by atoms with Crippen molar-refractivity contribution in [3.8, 4) is 0 Å². The van der Waals surface area contributed by atoms with Gasteiger partial charge in [0.15, 0.2) is 5.96 Å². The van der Waals surface area contributed by atoms with Crippen molar-refractivity contribution in [2.24, 2.45) is 10.9 Å². The number of benzene rings is 1. The van der Waals surface area contributed by atoms with Gasteiger partial charge in [-0.3, -0.25) is 4.90 Å². The van der Waals surface area contributed by atoms with E-state index in [0.717, 1.165) is 37.8 Å². The van der Waals surface area contributed by atoms with E-state index in [1.54, 1.807) is 0 Å². The Morgan fingerprint density at radius 1 is 1.28 bits per heavy atom. The van der Waals surface area contributed by atoms with E-state index in [4.69, 9.17) is 0 Å². The van der Waals surface area contributed by atoms with E-state index in [2.05, 4.69) is 27.4 Å². The lowest BCUT2D eigenvalue weighted by atomic mass is 10.1. The summed E-state index contributed by atoms with van der Waals surface area (Å²) in [6.07, 6.45) is 2.62. The number of hydrogen-bond donors (Lipinski definition) is 2. The molecule has 0 bridgehead atoms. The molecule has 2 N–H and O–H groups in total. The van der Waals surface area contributed by atoms with Crippen molar-refractivity contribution in [2.75, 3.05) is 19.6 Å². The third kappa shape index (κ3) is 5.51. The highest BCUT2D eigenvalue weighted by molar-refractivity contribution is 14.0. The van der Waals surface area contributed by atoms with Gasteiger partial charge in [0, 0.05) is 37.3 Å². The van der Waals surface area contributed by atoms with Gasteiger partial charge in [0.2, 0.25) is 0 Å². The molecule has 0 spiro atoms. The minimum absolute atomic E-state index is 0. The fraction of sp³-hybridized carbons (Fsp3) is 0.611. The number of guanidine groups is 1. The molecule has 1 aromatic rings. The molecule has 1 saturated carbocycles. The maximum Gasteiger partial charge on any atom is 0.191 e. The second-order valence-corrected chi connectivity index (χ2v) is 6.84. The molecule has 3 rings (SSSR count). The van der Waals surface area contributed by atoms with Crippen molar-refractivity contribution >= 4 is 29.9 Å². The number of hydrogen-bond acceptors (Lipinski definition) is 2. The van der Waals surface area contributed by atoms with Crippen molar-refractivity contribution in [1.82, 2.24) is 15.5 Å². The third-order valence-corrected chi connectivity index (χ3v) is 4.79. The first-order chi connectivity index (χ1) is 11.6. The molecule has 1 aromatic carbocycles. The fourth-order valence-corrected chi connectivity index (χ4v) is 3.25. The zero-order valence-corrected chi connectivity index (χ0v) is 17.1. The van der Waals surface area contributed by atoms with Crippen LogP contribution in [0.2, 0.25) is 0 Å². The predicted molar refractivity (Wildman–Crippen MR) is 107 cm³/mol. The lowest BCUT2D eigenvalue weighted by molar-refractivity contribution is 0.315. The second-order valence-electron chi connectivity index (χ2n) is 6.84. The Hall–Kier alpha value is -0.960. The molecular formula is C18H27F2IN4. The average molecular weight is 464 g/mol. The van der Waals surface area contributed by atoms with E-state index in [9.17, 15) is 8.78 Å². The lowest BCUT2D eigenvalue weighted by Gasteiger charge is -2.20. The van der Waals surface area contributed by atoms with E-state index in [1.165, 1.54) is 18.9 Å². The van der Waals surface area contributed by atoms with Crippen LogP contribution in [0, 0.1) is 17.6 Å². The van der Waals surface area contributed by atoms with Crippen molar-refractivity contribution in [3.63, 3.8) is 0 Å². The Balaban J connectivity index is 0.00000225. The molecule has 0 radical (unpaired) electrons. The molecule has 140 valence electrons. The molecule has 2 fully saturated rings. The molecule has 7 heteroatoms. The fourth-order valence-electron chi connectivity index (χ4n) is 3.25. The van der Waals surface area contributed by atoms with Gasteiger partial charge in [-0.2, -0.15) is 0 Å². The summed E-state index contributed by atoms with van der Waals surface area (Å²) in [4.78, 5) is 6.98. The Labute approximate surface area is 165 Å². The first kappa shape index (κ1) is 20.4. The summed E-state index contributed by atoms with van der Waals surface area (Å²) in [5.74, 6) is 0.338. The van der Waals surface area contributed by atoms with Gasteiger partial charge in [-0.15, -0.1) is 24.0 Å². The smallest absolute Gasteiger partial charge is 0.191 e. The molecule has 2 unspecified atom stereocenters. The van der Waals surface area contributed by atoms with Crippen LogP contribution in [0.25, 0.3) is 0 Å². The molecular weight excluding hydrogens is 437 g/mol. The van der Waals surface area contributed by atoms with Gasteiger partial charge in [-0.1, -0.05) is 6.92 Å². The van der Waals surface area contributed by atoms with Gasteiger partial charge >= 0.3 is 0 Å². The molecule has 0 amide bonds. The number of rotatable bonds is 5. The van der Waals surface area contributed by atoms with Crippen LogP contribution in [0.5, 0.6) is 0 Å². The molecule has 1 aliphatic carbocycles. The lowest BCUT2D eigenvalue weighted by Crippen LogP contribution is -2.46. The number of aliphatic imine (C=N–C) groups is 1. The molecule has 1 heterocycles. The highest BCUT2D eigenvalue weighted by atomic mass is 127. The van der Waals surface area contributed by atoms with Crippen LogP contribution in [0.4, 0.5) is 8.78 Å². The Bertz CT molecular complexity index is 607. The summed E-state index contributed by atoms with van der Waals surface area (Å²) in [6, 6.07) is 4.57. The van der Waals surface area contributed by atoms with E-state index in [0.29, 0.717) is 17.9 Å². The largest absolute Gasteiger partial charge is 0.357 e. The maximum absolute atomic E-state index is 13.7. The standard InChI is InChI=1S/C18H26F2N4.HI/c1-3-21-18(22-9-13-8-14(19)4-7-16(13)20)23-17-11-24(10-12(17)2)15-5-6-15;/h4,7-8,12,15,17H,3,5-6,9-11H2,1-2H3,(H2,21,22,23);1H.